The van der Waals surface area contributed by atoms with Gasteiger partial charge in [0.15, 0.2) is 5.78 Å². The maximum atomic E-state index is 11.9. The number of nitrogens with one attached hydrogen (secondary N) is 1. The number of halogens is 1. The fourth-order valence-electron chi connectivity index (χ4n) is 1.45. The number of benzene rings is 1. The largest absolute Gasteiger partial charge is 0.398 e. The summed E-state index contributed by atoms with van der Waals surface area (Å²) < 4.78 is 23.5. The van der Waals surface area contributed by atoms with Crippen LogP contribution in [-0.4, -0.2) is 32.4 Å². The average Bonchev–Trinajstić information content (AvgIpc) is 2.26. The predicted molar refractivity (Wildman–Crippen MR) is 75.8 cm³/mol. The van der Waals surface area contributed by atoms with E-state index in [2.05, 4.69) is 0 Å². The molecule has 0 fully saturated rings. The Morgan fingerprint density at radius 3 is 2.50 bits per heavy atom. The Morgan fingerprint density at radius 1 is 1.40 bits per heavy atom. The number of rotatable bonds is 5. The number of nitrogen functional groups attached to an aromatic ring is 1. The molecular weight excluding hydrogens is 306 g/mol. The van der Waals surface area contributed by atoms with Gasteiger partial charge in [0.2, 0.25) is 10.0 Å². The van der Waals surface area contributed by atoms with Crippen LogP contribution in [0.1, 0.15) is 16.8 Å². The number of sulfonamides is 1. The van der Waals surface area contributed by atoms with Crippen LogP contribution < -0.4 is 16.2 Å². The molecule has 9 heteroatoms. The predicted octanol–water partition coefficient (Wildman–Crippen LogP) is -0.102. The lowest BCUT2D eigenvalue weighted by Crippen LogP contribution is -2.44. The summed E-state index contributed by atoms with van der Waals surface area (Å²) in [5.74, 6) is -1.43. The molecule has 5 N–H and O–H groups in total. The van der Waals surface area contributed by atoms with Crippen molar-refractivity contribution in [3.05, 3.63) is 28.8 Å². The number of amides is 1. The highest BCUT2D eigenvalue weighted by atomic mass is 35.5. The van der Waals surface area contributed by atoms with Crippen LogP contribution in [0.5, 0.6) is 0 Å². The van der Waals surface area contributed by atoms with Gasteiger partial charge in [0.1, 0.15) is 0 Å². The summed E-state index contributed by atoms with van der Waals surface area (Å²) in [7, 11) is -3.72. The Kier molecular flexibility index (Phi) is 5.09. The first kappa shape index (κ1) is 16.4. The molecule has 0 aliphatic heterocycles. The van der Waals surface area contributed by atoms with E-state index >= 15 is 0 Å². The van der Waals surface area contributed by atoms with Gasteiger partial charge in [-0.3, -0.25) is 14.3 Å². The lowest BCUT2D eigenvalue weighted by Gasteiger charge is -2.11. The topological polar surface area (TPSA) is 132 Å². The fourth-order valence-corrected chi connectivity index (χ4v) is 2.15. The third kappa shape index (κ3) is 4.80. The van der Waals surface area contributed by atoms with Crippen molar-refractivity contribution in [2.24, 2.45) is 5.73 Å². The van der Waals surface area contributed by atoms with Gasteiger partial charge in [-0.2, -0.15) is 0 Å². The lowest BCUT2D eigenvalue weighted by molar-refractivity contribution is -0.120. The van der Waals surface area contributed by atoms with E-state index in [9.17, 15) is 18.0 Å². The first-order chi connectivity index (χ1) is 9.10. The van der Waals surface area contributed by atoms with E-state index in [0.29, 0.717) is 5.02 Å². The van der Waals surface area contributed by atoms with Gasteiger partial charge in [0.05, 0.1) is 12.3 Å². The number of Topliss-reactive ketones (excluding diaryl/α,β-unsaturated/α-hetero) is 1. The normalized spacial score (nSPS) is 12.8. The van der Waals surface area contributed by atoms with Crippen LogP contribution in [0.3, 0.4) is 0 Å². The molecule has 7 nitrogen and oxygen atoms in total. The summed E-state index contributed by atoms with van der Waals surface area (Å²) in [5.41, 5.74) is 11.5. The number of ketones is 1. The molecule has 1 amide bonds. The summed E-state index contributed by atoms with van der Waals surface area (Å²) >= 11 is 5.70. The molecule has 0 aliphatic carbocycles. The highest BCUT2D eigenvalue weighted by Gasteiger charge is 2.22. The van der Waals surface area contributed by atoms with E-state index in [4.69, 9.17) is 23.1 Å². The summed E-state index contributed by atoms with van der Waals surface area (Å²) in [6, 6.07) is 3.01. The molecule has 0 radical (unpaired) electrons. The van der Waals surface area contributed by atoms with Crippen molar-refractivity contribution in [2.45, 2.75) is 12.5 Å². The second-order valence-electron chi connectivity index (χ2n) is 4.20. The first-order valence-electron chi connectivity index (χ1n) is 5.45. The SMILES string of the molecule is CS(=O)(=O)NC(=O)C(N)CC(=O)c1ccc(Cl)cc1N. The molecule has 1 aromatic carbocycles. The molecule has 1 atom stereocenters. The third-order valence-corrected chi connectivity index (χ3v) is 3.15. The number of carbonyl (C=O) groups is 2. The molecule has 1 rings (SSSR count). The number of anilines is 1. The molecule has 0 spiro atoms. The second kappa shape index (κ2) is 6.21. The maximum Gasteiger partial charge on any atom is 0.250 e. The first-order valence-corrected chi connectivity index (χ1v) is 7.72. The molecule has 0 saturated carbocycles. The molecule has 20 heavy (non-hydrogen) atoms. The van der Waals surface area contributed by atoms with Gasteiger partial charge in [0.25, 0.3) is 5.91 Å². The van der Waals surface area contributed by atoms with Crippen LogP contribution in [0.2, 0.25) is 5.02 Å². The molecule has 1 aromatic rings. The van der Waals surface area contributed by atoms with Crippen molar-refractivity contribution >= 4 is 39.0 Å². The molecule has 0 saturated heterocycles. The molecule has 0 aromatic heterocycles. The van der Waals surface area contributed by atoms with Gasteiger partial charge >= 0.3 is 0 Å². The molecule has 1 unspecified atom stereocenters. The zero-order chi connectivity index (χ0) is 15.5. The van der Waals surface area contributed by atoms with Gasteiger partial charge in [-0.25, -0.2) is 8.42 Å². The molecular formula is C11H14ClN3O4S. The number of hydrogen-bond donors (Lipinski definition) is 3. The molecule has 0 aliphatic rings. The minimum Gasteiger partial charge on any atom is -0.398 e. The minimum absolute atomic E-state index is 0.165. The quantitative estimate of drug-likeness (QED) is 0.512. The van der Waals surface area contributed by atoms with E-state index in [1.807, 2.05) is 0 Å². The van der Waals surface area contributed by atoms with Crippen molar-refractivity contribution in [1.29, 1.82) is 0 Å². The van der Waals surface area contributed by atoms with Gasteiger partial charge in [-0.1, -0.05) is 11.6 Å². The van der Waals surface area contributed by atoms with E-state index in [-0.39, 0.29) is 17.7 Å². The standard InChI is InChI=1S/C11H14ClN3O4S/c1-20(18,19)15-11(17)9(14)5-10(16)7-3-2-6(12)4-8(7)13/h2-4,9H,5,13-14H2,1H3,(H,15,17). The Labute approximate surface area is 121 Å². The highest BCUT2D eigenvalue weighted by molar-refractivity contribution is 7.89. The van der Waals surface area contributed by atoms with Gasteiger partial charge in [-0.15, -0.1) is 0 Å². The van der Waals surface area contributed by atoms with Gasteiger partial charge < -0.3 is 11.5 Å². The Morgan fingerprint density at radius 2 is 2.00 bits per heavy atom. The van der Waals surface area contributed by atoms with Crippen LogP contribution in [0.4, 0.5) is 5.69 Å². The highest BCUT2D eigenvalue weighted by Crippen LogP contribution is 2.19. The molecule has 0 bridgehead atoms. The van der Waals surface area contributed by atoms with E-state index in [0.717, 1.165) is 6.26 Å². The summed E-state index contributed by atoms with van der Waals surface area (Å²) in [6.45, 7) is 0. The maximum absolute atomic E-state index is 11.9. The minimum atomic E-state index is -3.72. The fraction of sp³-hybridized carbons (Fsp3) is 0.273. The Hall–Kier alpha value is -1.64. The van der Waals surface area contributed by atoms with Crippen molar-refractivity contribution in [2.75, 3.05) is 12.0 Å². The smallest absolute Gasteiger partial charge is 0.250 e. The van der Waals surface area contributed by atoms with E-state index < -0.39 is 27.8 Å². The van der Waals surface area contributed by atoms with Crippen LogP contribution in [0.15, 0.2) is 18.2 Å². The van der Waals surface area contributed by atoms with Crippen LogP contribution in [-0.2, 0) is 14.8 Å². The number of nitrogens with two attached hydrogens (primary N) is 2. The average molecular weight is 320 g/mol. The number of carbonyl (C=O) groups excluding carboxylic acids is 2. The van der Waals surface area contributed by atoms with Crippen molar-refractivity contribution < 1.29 is 18.0 Å². The van der Waals surface area contributed by atoms with Crippen LogP contribution >= 0.6 is 11.6 Å². The van der Waals surface area contributed by atoms with Crippen LogP contribution in [0, 0.1) is 0 Å². The Balaban J connectivity index is 2.78. The number of hydrogen-bond acceptors (Lipinski definition) is 6. The third-order valence-electron chi connectivity index (χ3n) is 2.34. The monoisotopic (exact) mass is 319 g/mol. The van der Waals surface area contributed by atoms with E-state index in [1.54, 1.807) is 4.72 Å². The van der Waals surface area contributed by atoms with Crippen molar-refractivity contribution in [3.63, 3.8) is 0 Å². The van der Waals surface area contributed by atoms with Crippen LogP contribution in [0.25, 0.3) is 0 Å². The van der Waals surface area contributed by atoms with E-state index in [1.165, 1.54) is 18.2 Å². The van der Waals surface area contributed by atoms with Crippen molar-refractivity contribution in [1.82, 2.24) is 4.72 Å². The van der Waals surface area contributed by atoms with Gasteiger partial charge in [0, 0.05) is 22.7 Å². The summed E-state index contributed by atoms with van der Waals surface area (Å²) in [4.78, 5) is 23.4. The second-order valence-corrected chi connectivity index (χ2v) is 6.39. The zero-order valence-electron chi connectivity index (χ0n) is 10.6. The van der Waals surface area contributed by atoms with Gasteiger partial charge in [-0.05, 0) is 18.2 Å². The molecule has 0 heterocycles. The van der Waals surface area contributed by atoms with Crippen molar-refractivity contribution in [3.8, 4) is 0 Å². The summed E-state index contributed by atoms with van der Waals surface area (Å²) in [6.07, 6.45) is 0.448. The molecule has 110 valence electrons. The lowest BCUT2D eigenvalue weighted by atomic mass is 10.0. The summed E-state index contributed by atoms with van der Waals surface area (Å²) in [5, 5.41) is 0.373. The Bertz CT molecular complexity index is 645. The zero-order valence-corrected chi connectivity index (χ0v) is 12.2.